The molecule has 0 fully saturated rings. The maximum absolute atomic E-state index is 12.7. The van der Waals surface area contributed by atoms with Crippen LogP contribution in [0.3, 0.4) is 0 Å². The molecule has 1 heterocycles. The molecule has 114 valence electrons. The maximum atomic E-state index is 12.7. The fourth-order valence-corrected chi connectivity index (χ4v) is 1.95. The number of aromatic amines is 1. The lowest BCUT2D eigenvalue weighted by Crippen LogP contribution is -2.18. The first-order valence-electron chi connectivity index (χ1n) is 5.74. The third-order valence-electron chi connectivity index (χ3n) is 2.99. The van der Waals surface area contributed by atoms with Crippen LogP contribution in [0, 0.1) is 6.92 Å². The molecule has 0 bridgehead atoms. The highest BCUT2D eigenvalue weighted by Crippen LogP contribution is 2.34. The fourth-order valence-electron chi connectivity index (χ4n) is 1.95. The minimum Gasteiger partial charge on any atom is -0.395 e. The number of halogens is 6. The number of fused-ring (bicyclic) bond motifs is 1. The second-order valence-corrected chi connectivity index (χ2v) is 4.52. The molecule has 0 spiro atoms. The number of nitrogens with two attached hydrogens (primary N) is 1. The third-order valence-corrected chi connectivity index (χ3v) is 2.99. The highest BCUT2D eigenvalue weighted by atomic mass is 19.4. The third kappa shape index (κ3) is 2.98. The summed E-state index contributed by atoms with van der Waals surface area (Å²) in [6.45, 7) is 1.46. The van der Waals surface area contributed by atoms with Crippen molar-refractivity contribution in [3.05, 3.63) is 40.7 Å². The molecule has 2 rings (SSSR count). The van der Waals surface area contributed by atoms with Crippen molar-refractivity contribution < 1.29 is 26.3 Å². The molecule has 1 aromatic heterocycles. The Bertz CT molecular complexity index is 706. The van der Waals surface area contributed by atoms with Crippen molar-refractivity contribution >= 4 is 17.0 Å². The van der Waals surface area contributed by atoms with Gasteiger partial charge < -0.3 is 10.7 Å². The van der Waals surface area contributed by atoms with E-state index in [0.29, 0.717) is 17.3 Å². The molecule has 0 radical (unpaired) electrons. The van der Waals surface area contributed by atoms with Crippen LogP contribution in [0.15, 0.2) is 23.9 Å². The van der Waals surface area contributed by atoms with Crippen molar-refractivity contribution in [2.24, 2.45) is 5.73 Å². The van der Waals surface area contributed by atoms with Gasteiger partial charge in [0.1, 0.15) is 5.70 Å². The number of hydrogen-bond donors (Lipinski definition) is 2. The molecule has 0 saturated heterocycles. The topological polar surface area (TPSA) is 41.8 Å². The molecule has 0 amide bonds. The van der Waals surface area contributed by atoms with Crippen molar-refractivity contribution in [1.82, 2.24) is 4.98 Å². The van der Waals surface area contributed by atoms with Gasteiger partial charge in [-0.15, -0.1) is 0 Å². The minimum absolute atomic E-state index is 0.00840. The fraction of sp³-hybridized carbons (Fsp3) is 0.231. The summed E-state index contributed by atoms with van der Waals surface area (Å²) in [4.78, 5) is 2.73. The average molecular weight is 308 g/mol. The van der Waals surface area contributed by atoms with Crippen LogP contribution >= 0.6 is 0 Å². The number of hydrogen-bond acceptors (Lipinski definition) is 1. The van der Waals surface area contributed by atoms with Crippen LogP contribution in [-0.2, 0) is 6.18 Å². The van der Waals surface area contributed by atoms with E-state index in [9.17, 15) is 26.3 Å². The van der Waals surface area contributed by atoms with Gasteiger partial charge in [-0.25, -0.2) is 0 Å². The zero-order chi connectivity index (χ0) is 16.0. The monoisotopic (exact) mass is 308 g/mol. The van der Waals surface area contributed by atoms with Gasteiger partial charge in [-0.2, -0.15) is 26.3 Å². The van der Waals surface area contributed by atoms with E-state index in [1.54, 1.807) is 0 Å². The molecule has 0 unspecified atom stereocenters. The van der Waals surface area contributed by atoms with Gasteiger partial charge in [0.2, 0.25) is 0 Å². The summed E-state index contributed by atoms with van der Waals surface area (Å²) in [5.74, 6) is 0. The number of aryl methyl sites for hydroxylation is 1. The largest absolute Gasteiger partial charge is 0.430 e. The summed E-state index contributed by atoms with van der Waals surface area (Å²) in [7, 11) is 0. The summed E-state index contributed by atoms with van der Waals surface area (Å²) in [6, 6.07) is 2.83. The first kappa shape index (κ1) is 15.3. The van der Waals surface area contributed by atoms with Gasteiger partial charge >= 0.3 is 12.4 Å². The Hall–Kier alpha value is -2.12. The summed E-state index contributed by atoms with van der Waals surface area (Å²) >= 11 is 0. The Morgan fingerprint density at radius 1 is 1.14 bits per heavy atom. The molecule has 8 heteroatoms. The first-order chi connectivity index (χ1) is 9.50. The van der Waals surface area contributed by atoms with E-state index in [1.165, 1.54) is 13.0 Å². The molecule has 0 atom stereocenters. The van der Waals surface area contributed by atoms with Gasteiger partial charge in [-0.3, -0.25) is 0 Å². The maximum Gasteiger partial charge on any atom is 0.430 e. The van der Waals surface area contributed by atoms with Crippen LogP contribution in [0.1, 0.15) is 16.8 Å². The predicted octanol–water partition coefficient (Wildman–Crippen LogP) is 4.36. The number of benzene rings is 1. The lowest BCUT2D eigenvalue weighted by Gasteiger charge is -2.08. The summed E-state index contributed by atoms with van der Waals surface area (Å²) in [5.41, 5.74) is 3.22. The highest BCUT2D eigenvalue weighted by molar-refractivity contribution is 5.91. The number of H-pyrrole nitrogens is 1. The van der Waals surface area contributed by atoms with E-state index >= 15 is 0 Å². The summed E-state index contributed by atoms with van der Waals surface area (Å²) < 4.78 is 75.4. The molecular formula is C13H10F6N2. The van der Waals surface area contributed by atoms with Gasteiger partial charge in [0, 0.05) is 22.2 Å². The zero-order valence-electron chi connectivity index (χ0n) is 10.7. The number of rotatable bonds is 1. The molecule has 0 saturated carbocycles. The van der Waals surface area contributed by atoms with Crippen molar-refractivity contribution in [3.8, 4) is 0 Å². The standard InChI is InChI=1S/C13H10F6N2/c1-6-8(5-11(20)13(17,18)19)9-4-7(12(14,15)16)2-3-10(9)21-6/h2-5,21H,20H2,1H3/b11-5-. The molecule has 0 aliphatic carbocycles. The Morgan fingerprint density at radius 3 is 2.29 bits per heavy atom. The van der Waals surface area contributed by atoms with Crippen molar-refractivity contribution in [2.45, 2.75) is 19.3 Å². The van der Waals surface area contributed by atoms with Crippen LogP contribution in [0.2, 0.25) is 0 Å². The molecule has 2 nitrogen and oxygen atoms in total. The van der Waals surface area contributed by atoms with E-state index in [-0.39, 0.29) is 10.9 Å². The van der Waals surface area contributed by atoms with Crippen molar-refractivity contribution in [3.63, 3.8) is 0 Å². The second kappa shape index (κ2) is 4.71. The quantitative estimate of drug-likeness (QED) is 0.755. The van der Waals surface area contributed by atoms with Crippen molar-refractivity contribution in [1.29, 1.82) is 0 Å². The lowest BCUT2D eigenvalue weighted by atomic mass is 10.1. The number of alkyl halides is 6. The number of nitrogens with one attached hydrogen (secondary N) is 1. The Morgan fingerprint density at radius 2 is 1.76 bits per heavy atom. The van der Waals surface area contributed by atoms with Gasteiger partial charge in [0.15, 0.2) is 0 Å². The molecule has 21 heavy (non-hydrogen) atoms. The SMILES string of the molecule is Cc1[nH]c2ccc(C(F)(F)F)cc2c1/C=C(\N)C(F)(F)F. The smallest absolute Gasteiger partial charge is 0.395 e. The van der Waals surface area contributed by atoms with Crippen LogP contribution in [0.4, 0.5) is 26.3 Å². The molecular weight excluding hydrogens is 298 g/mol. The Balaban J connectivity index is 2.66. The van der Waals surface area contributed by atoms with E-state index in [4.69, 9.17) is 5.73 Å². The number of allylic oxidation sites excluding steroid dienone is 1. The molecule has 1 aromatic carbocycles. The molecule has 2 aromatic rings. The van der Waals surface area contributed by atoms with Crippen LogP contribution < -0.4 is 5.73 Å². The Labute approximate surface area is 115 Å². The van der Waals surface area contributed by atoms with Crippen LogP contribution in [0.5, 0.6) is 0 Å². The van der Waals surface area contributed by atoms with E-state index in [2.05, 4.69) is 4.98 Å². The lowest BCUT2D eigenvalue weighted by molar-refractivity contribution is -0.137. The molecule has 0 aliphatic rings. The second-order valence-electron chi connectivity index (χ2n) is 4.52. The average Bonchev–Trinajstić information content (AvgIpc) is 2.63. The summed E-state index contributed by atoms with van der Waals surface area (Å²) in [6.07, 6.45) is -8.68. The van der Waals surface area contributed by atoms with Crippen molar-refractivity contribution in [2.75, 3.05) is 0 Å². The Kier molecular flexibility index (Phi) is 3.43. The van der Waals surface area contributed by atoms with Crippen LogP contribution in [0.25, 0.3) is 17.0 Å². The van der Waals surface area contributed by atoms with E-state index < -0.39 is 23.6 Å². The van der Waals surface area contributed by atoms with Gasteiger partial charge in [0.05, 0.1) is 5.56 Å². The van der Waals surface area contributed by atoms with Crippen LogP contribution in [-0.4, -0.2) is 11.2 Å². The highest BCUT2D eigenvalue weighted by Gasteiger charge is 2.33. The number of aromatic nitrogens is 1. The van der Waals surface area contributed by atoms with E-state index in [1.807, 2.05) is 0 Å². The summed E-state index contributed by atoms with van der Waals surface area (Å²) in [5, 5.41) is 0.0366. The van der Waals surface area contributed by atoms with Gasteiger partial charge in [0.25, 0.3) is 0 Å². The molecule has 3 N–H and O–H groups in total. The van der Waals surface area contributed by atoms with Gasteiger partial charge in [-0.1, -0.05) is 0 Å². The first-order valence-corrected chi connectivity index (χ1v) is 5.74. The normalized spacial score (nSPS) is 14.0. The minimum atomic E-state index is -4.74. The zero-order valence-corrected chi connectivity index (χ0v) is 10.7. The predicted molar refractivity (Wildman–Crippen MR) is 66.3 cm³/mol. The van der Waals surface area contributed by atoms with E-state index in [0.717, 1.165) is 12.1 Å². The molecule has 0 aliphatic heterocycles. The van der Waals surface area contributed by atoms with Gasteiger partial charge in [-0.05, 0) is 31.2 Å².